The summed E-state index contributed by atoms with van der Waals surface area (Å²) in [7, 11) is 0. The molecule has 25 heavy (non-hydrogen) atoms. The summed E-state index contributed by atoms with van der Waals surface area (Å²) < 4.78 is 5.56. The molecule has 1 atom stereocenters. The SMILES string of the molecule is C=CCOC(=O)C1=C(C)Nc2nc(=S)[nH]c(N)c2C1c1ccccc1. The van der Waals surface area contributed by atoms with Crippen LogP contribution in [0.5, 0.6) is 0 Å². The van der Waals surface area contributed by atoms with Crippen LogP contribution in [0.3, 0.4) is 0 Å². The number of rotatable bonds is 4. The summed E-state index contributed by atoms with van der Waals surface area (Å²) in [5.41, 5.74) is 8.91. The van der Waals surface area contributed by atoms with Gasteiger partial charge in [0.25, 0.3) is 0 Å². The molecular formula is C18H18N4O2S. The van der Waals surface area contributed by atoms with Crippen LogP contribution in [0.25, 0.3) is 0 Å². The average molecular weight is 354 g/mol. The second-order valence-corrected chi connectivity index (χ2v) is 6.00. The standard InChI is InChI=1S/C18H18N4O2S/c1-3-9-24-17(23)12-10(2)20-16-14(15(19)21-18(25)22-16)13(12)11-7-5-4-6-8-11/h3-8,13H,1,9H2,2H3,(H4,19,20,21,22,25). The van der Waals surface area contributed by atoms with Crippen molar-refractivity contribution in [3.8, 4) is 0 Å². The van der Waals surface area contributed by atoms with E-state index in [2.05, 4.69) is 21.9 Å². The van der Waals surface area contributed by atoms with Crippen molar-refractivity contribution < 1.29 is 9.53 Å². The molecule has 1 aromatic heterocycles. The van der Waals surface area contributed by atoms with Crippen molar-refractivity contribution in [1.82, 2.24) is 9.97 Å². The smallest absolute Gasteiger partial charge is 0.337 e. The van der Waals surface area contributed by atoms with Gasteiger partial charge in [0.05, 0.1) is 11.5 Å². The van der Waals surface area contributed by atoms with Crippen LogP contribution in [0.4, 0.5) is 11.6 Å². The number of ether oxygens (including phenoxy) is 1. The van der Waals surface area contributed by atoms with Crippen molar-refractivity contribution in [3.05, 3.63) is 70.2 Å². The fourth-order valence-electron chi connectivity index (χ4n) is 2.96. The molecule has 7 heteroatoms. The first-order valence-electron chi connectivity index (χ1n) is 7.73. The first-order chi connectivity index (χ1) is 12.0. The number of hydrogen-bond donors (Lipinski definition) is 3. The summed E-state index contributed by atoms with van der Waals surface area (Å²) >= 11 is 5.11. The Labute approximate surface area is 150 Å². The fraction of sp³-hybridized carbons (Fsp3) is 0.167. The van der Waals surface area contributed by atoms with Crippen molar-refractivity contribution in [2.24, 2.45) is 0 Å². The van der Waals surface area contributed by atoms with E-state index >= 15 is 0 Å². The first kappa shape index (κ1) is 16.9. The van der Waals surface area contributed by atoms with Gasteiger partial charge in [-0.05, 0) is 24.7 Å². The van der Waals surface area contributed by atoms with Crippen LogP contribution in [0.15, 0.2) is 54.3 Å². The predicted octanol–water partition coefficient (Wildman–Crippen LogP) is 3.28. The van der Waals surface area contributed by atoms with E-state index in [4.69, 9.17) is 22.7 Å². The van der Waals surface area contributed by atoms with Gasteiger partial charge in [0.2, 0.25) is 0 Å². The largest absolute Gasteiger partial charge is 0.458 e. The molecule has 6 nitrogen and oxygen atoms in total. The van der Waals surface area contributed by atoms with Gasteiger partial charge in [-0.15, -0.1) is 0 Å². The van der Waals surface area contributed by atoms with Crippen LogP contribution in [0, 0.1) is 4.77 Å². The summed E-state index contributed by atoms with van der Waals surface area (Å²) in [5, 5.41) is 3.12. The Morgan fingerprint density at radius 1 is 1.44 bits per heavy atom. The van der Waals surface area contributed by atoms with Gasteiger partial charge in [0, 0.05) is 11.3 Å². The number of aromatic amines is 1. The lowest BCUT2D eigenvalue weighted by atomic mass is 9.82. The Bertz CT molecular complexity index is 918. The van der Waals surface area contributed by atoms with Crippen LogP contribution in [0.2, 0.25) is 0 Å². The van der Waals surface area contributed by atoms with Crippen LogP contribution in [-0.4, -0.2) is 22.5 Å². The maximum atomic E-state index is 12.7. The van der Waals surface area contributed by atoms with E-state index in [1.807, 2.05) is 30.3 Å². The third-order valence-electron chi connectivity index (χ3n) is 3.97. The maximum Gasteiger partial charge on any atom is 0.337 e. The highest BCUT2D eigenvalue weighted by molar-refractivity contribution is 7.71. The van der Waals surface area contributed by atoms with Gasteiger partial charge in [0.15, 0.2) is 4.77 Å². The molecular weight excluding hydrogens is 336 g/mol. The lowest BCUT2D eigenvalue weighted by Crippen LogP contribution is -2.26. The highest BCUT2D eigenvalue weighted by Crippen LogP contribution is 2.43. The number of H-pyrrole nitrogens is 1. The second kappa shape index (κ2) is 6.90. The van der Waals surface area contributed by atoms with Gasteiger partial charge in [-0.1, -0.05) is 43.0 Å². The van der Waals surface area contributed by atoms with E-state index in [1.165, 1.54) is 6.08 Å². The highest BCUT2D eigenvalue weighted by atomic mass is 32.1. The van der Waals surface area contributed by atoms with Crippen LogP contribution in [0.1, 0.15) is 24.0 Å². The van der Waals surface area contributed by atoms with Gasteiger partial charge >= 0.3 is 5.97 Å². The van der Waals surface area contributed by atoms with Crippen molar-refractivity contribution in [2.75, 3.05) is 17.7 Å². The number of nitrogens with one attached hydrogen (secondary N) is 2. The minimum absolute atomic E-state index is 0.134. The molecule has 0 amide bonds. The number of hydrogen-bond acceptors (Lipinski definition) is 6. The Hall–Kier alpha value is -2.93. The zero-order valence-corrected chi connectivity index (χ0v) is 14.5. The van der Waals surface area contributed by atoms with Gasteiger partial charge in [-0.25, -0.2) is 9.78 Å². The Morgan fingerprint density at radius 2 is 2.16 bits per heavy atom. The molecule has 3 rings (SSSR count). The summed E-state index contributed by atoms with van der Waals surface area (Å²) in [6.07, 6.45) is 1.53. The number of benzene rings is 1. The summed E-state index contributed by atoms with van der Waals surface area (Å²) in [6.45, 7) is 5.52. The number of aromatic nitrogens is 2. The average Bonchev–Trinajstić information content (AvgIpc) is 2.59. The lowest BCUT2D eigenvalue weighted by molar-refractivity contribution is -0.138. The van der Waals surface area contributed by atoms with E-state index in [1.54, 1.807) is 6.92 Å². The monoisotopic (exact) mass is 354 g/mol. The number of fused-ring (bicyclic) bond motifs is 1. The molecule has 1 unspecified atom stereocenters. The molecule has 0 fully saturated rings. The molecule has 0 aliphatic carbocycles. The van der Waals surface area contributed by atoms with Gasteiger partial charge in [-0.2, -0.15) is 0 Å². The Morgan fingerprint density at radius 3 is 2.84 bits per heavy atom. The molecule has 0 bridgehead atoms. The number of esters is 1. The third kappa shape index (κ3) is 3.18. The van der Waals surface area contributed by atoms with E-state index in [-0.39, 0.29) is 11.4 Å². The molecule has 1 aromatic carbocycles. The van der Waals surface area contributed by atoms with Gasteiger partial charge in [-0.3, -0.25) is 0 Å². The zero-order valence-electron chi connectivity index (χ0n) is 13.7. The number of anilines is 2. The third-order valence-corrected chi connectivity index (χ3v) is 4.17. The zero-order chi connectivity index (χ0) is 18.0. The van der Waals surface area contributed by atoms with Gasteiger partial charge in [0.1, 0.15) is 18.2 Å². The topological polar surface area (TPSA) is 93.0 Å². The van der Waals surface area contributed by atoms with Crippen LogP contribution < -0.4 is 11.1 Å². The van der Waals surface area contributed by atoms with E-state index in [0.29, 0.717) is 28.5 Å². The van der Waals surface area contributed by atoms with E-state index in [9.17, 15) is 4.79 Å². The number of allylic oxidation sites excluding steroid dienone is 1. The van der Waals surface area contributed by atoms with Crippen molar-refractivity contribution in [3.63, 3.8) is 0 Å². The van der Waals surface area contributed by atoms with Crippen LogP contribution in [-0.2, 0) is 9.53 Å². The Balaban J connectivity index is 2.21. The maximum absolute atomic E-state index is 12.7. The number of nitrogen functional groups attached to an aromatic ring is 1. The predicted molar refractivity (Wildman–Crippen MR) is 99.6 cm³/mol. The molecule has 1 aliphatic rings. The fourth-order valence-corrected chi connectivity index (χ4v) is 3.16. The van der Waals surface area contributed by atoms with Crippen LogP contribution >= 0.6 is 12.2 Å². The minimum Gasteiger partial charge on any atom is -0.458 e. The number of carbonyl (C=O) groups excluding carboxylic acids is 1. The molecule has 128 valence electrons. The van der Waals surface area contributed by atoms with Gasteiger partial charge < -0.3 is 20.8 Å². The Kier molecular flexibility index (Phi) is 4.67. The lowest BCUT2D eigenvalue weighted by Gasteiger charge is -2.30. The molecule has 0 radical (unpaired) electrons. The first-order valence-corrected chi connectivity index (χ1v) is 8.14. The molecule has 0 saturated heterocycles. The quantitative estimate of drug-likeness (QED) is 0.443. The molecule has 1 aliphatic heterocycles. The van der Waals surface area contributed by atoms with E-state index < -0.39 is 11.9 Å². The number of nitrogens with zero attached hydrogens (tertiary/aromatic N) is 1. The van der Waals surface area contributed by atoms with E-state index in [0.717, 1.165) is 5.56 Å². The number of carbonyl (C=O) groups is 1. The van der Waals surface area contributed by atoms with Crippen molar-refractivity contribution in [2.45, 2.75) is 12.8 Å². The summed E-state index contributed by atoms with van der Waals surface area (Å²) in [5.74, 6) is 0.0890. The molecule has 0 spiro atoms. The minimum atomic E-state index is -0.425. The normalized spacial score (nSPS) is 16.0. The van der Waals surface area contributed by atoms with Crippen molar-refractivity contribution >= 4 is 29.8 Å². The van der Waals surface area contributed by atoms with Crippen molar-refractivity contribution in [1.29, 1.82) is 0 Å². The summed E-state index contributed by atoms with van der Waals surface area (Å²) in [4.78, 5) is 19.9. The molecule has 2 aromatic rings. The molecule has 0 saturated carbocycles. The second-order valence-electron chi connectivity index (χ2n) is 5.61. The highest BCUT2D eigenvalue weighted by Gasteiger charge is 2.35. The number of nitrogens with two attached hydrogens (primary N) is 1. The summed E-state index contributed by atoms with van der Waals surface area (Å²) in [6, 6.07) is 9.61. The molecule has 2 heterocycles. The molecule has 4 N–H and O–H groups in total.